The lowest BCUT2D eigenvalue weighted by atomic mass is 10.3. The molecule has 0 saturated heterocycles. The number of hydrogen-bond donors (Lipinski definition) is 0. The van der Waals surface area contributed by atoms with Gasteiger partial charge in [-0.05, 0) is 19.1 Å². The molecule has 0 atom stereocenters. The van der Waals surface area contributed by atoms with E-state index in [0.29, 0.717) is 25.4 Å². The summed E-state index contributed by atoms with van der Waals surface area (Å²) in [6, 6.07) is 0. The third kappa shape index (κ3) is 3.28. The van der Waals surface area contributed by atoms with Gasteiger partial charge in [0.05, 0.1) is 6.61 Å². The van der Waals surface area contributed by atoms with Crippen molar-refractivity contribution in [3.63, 3.8) is 0 Å². The van der Waals surface area contributed by atoms with E-state index < -0.39 is 0 Å². The summed E-state index contributed by atoms with van der Waals surface area (Å²) in [7, 11) is 0. The standard InChI is InChI=1S/C10H12O3/c1-2-12-7-8-13-10(11)9-5-3-4-6-9/h3-5H,2,7-8H2,1H3. The van der Waals surface area contributed by atoms with E-state index in [1.54, 1.807) is 18.2 Å². The van der Waals surface area contributed by atoms with Gasteiger partial charge in [0.1, 0.15) is 12.2 Å². The predicted octanol–water partition coefficient (Wildman–Crippen LogP) is 1.22. The van der Waals surface area contributed by atoms with Gasteiger partial charge in [-0.1, -0.05) is 6.08 Å². The van der Waals surface area contributed by atoms with Crippen LogP contribution in [-0.2, 0) is 14.3 Å². The zero-order valence-electron chi connectivity index (χ0n) is 7.58. The average molecular weight is 180 g/mol. The quantitative estimate of drug-likeness (QED) is 0.362. The van der Waals surface area contributed by atoms with Gasteiger partial charge in [-0.3, -0.25) is 0 Å². The van der Waals surface area contributed by atoms with Crippen LogP contribution < -0.4 is 0 Å². The Kier molecular flexibility index (Phi) is 4.03. The molecule has 0 heterocycles. The molecule has 3 heteroatoms. The van der Waals surface area contributed by atoms with Crippen LogP contribution in [0.15, 0.2) is 29.5 Å². The Balaban J connectivity index is 2.19. The third-order valence-electron chi connectivity index (χ3n) is 1.48. The van der Waals surface area contributed by atoms with Gasteiger partial charge in [-0.25, -0.2) is 4.79 Å². The molecule has 1 aliphatic carbocycles. The third-order valence-corrected chi connectivity index (χ3v) is 1.48. The first-order valence-corrected chi connectivity index (χ1v) is 4.23. The normalized spacial score (nSPS) is 13.2. The first-order chi connectivity index (χ1) is 6.34. The van der Waals surface area contributed by atoms with Crippen LogP contribution in [0.3, 0.4) is 0 Å². The highest BCUT2D eigenvalue weighted by Gasteiger charge is 2.07. The molecule has 0 aliphatic heterocycles. The second kappa shape index (κ2) is 5.36. The molecule has 70 valence electrons. The molecule has 0 amide bonds. The maximum Gasteiger partial charge on any atom is 0.346 e. The highest BCUT2D eigenvalue weighted by Crippen LogP contribution is 2.03. The van der Waals surface area contributed by atoms with E-state index in [9.17, 15) is 4.79 Å². The molecule has 3 nitrogen and oxygen atoms in total. The number of rotatable bonds is 5. The Hall–Kier alpha value is -1.31. The van der Waals surface area contributed by atoms with Crippen LogP contribution in [0.1, 0.15) is 6.92 Å². The van der Waals surface area contributed by atoms with E-state index in [1.807, 2.05) is 6.92 Å². The van der Waals surface area contributed by atoms with E-state index in [-0.39, 0.29) is 5.97 Å². The van der Waals surface area contributed by atoms with Gasteiger partial charge < -0.3 is 9.47 Å². The summed E-state index contributed by atoms with van der Waals surface area (Å²) in [6.45, 7) is 3.28. The van der Waals surface area contributed by atoms with Crippen LogP contribution in [0.2, 0.25) is 0 Å². The molecule has 0 unspecified atom stereocenters. The molecular formula is C10H12O3. The summed E-state index contributed by atoms with van der Waals surface area (Å²) in [4.78, 5) is 11.2. The van der Waals surface area contributed by atoms with Crippen LogP contribution in [0.4, 0.5) is 0 Å². The fraction of sp³-hybridized carbons (Fsp3) is 0.400. The topological polar surface area (TPSA) is 35.5 Å². The molecule has 0 saturated carbocycles. The predicted molar refractivity (Wildman–Crippen MR) is 48.2 cm³/mol. The molecule has 0 fully saturated rings. The van der Waals surface area contributed by atoms with Crippen molar-refractivity contribution in [3.8, 4) is 0 Å². The number of carbonyl (C=O) groups excluding carboxylic acids is 1. The molecule has 0 spiro atoms. The minimum absolute atomic E-state index is 0.297. The van der Waals surface area contributed by atoms with Crippen LogP contribution in [0, 0.1) is 0 Å². The molecule has 13 heavy (non-hydrogen) atoms. The Morgan fingerprint density at radius 2 is 2.38 bits per heavy atom. The molecule has 1 aliphatic rings. The van der Waals surface area contributed by atoms with Gasteiger partial charge in [0.15, 0.2) is 0 Å². The Bertz CT molecular complexity index is 270. The second-order valence-electron chi connectivity index (χ2n) is 2.42. The zero-order chi connectivity index (χ0) is 9.52. The summed E-state index contributed by atoms with van der Waals surface area (Å²) in [5.74, 6) is -0.343. The number of esters is 1. The van der Waals surface area contributed by atoms with E-state index in [2.05, 4.69) is 5.73 Å². The van der Waals surface area contributed by atoms with Crippen molar-refractivity contribution in [2.75, 3.05) is 19.8 Å². The molecule has 0 N–H and O–H groups in total. The van der Waals surface area contributed by atoms with Crippen molar-refractivity contribution >= 4 is 5.97 Å². The Morgan fingerprint density at radius 1 is 1.54 bits per heavy atom. The van der Waals surface area contributed by atoms with Gasteiger partial charge in [0.25, 0.3) is 0 Å². The number of allylic oxidation sites excluding steroid dienone is 1. The molecule has 0 aromatic heterocycles. The minimum Gasteiger partial charge on any atom is -0.459 e. The van der Waals surface area contributed by atoms with E-state index >= 15 is 0 Å². The fourth-order valence-corrected chi connectivity index (χ4v) is 0.873. The summed E-state index contributed by atoms with van der Waals surface area (Å²) >= 11 is 0. The van der Waals surface area contributed by atoms with Gasteiger partial charge in [-0.2, -0.15) is 0 Å². The molecular weight excluding hydrogens is 168 g/mol. The highest BCUT2D eigenvalue weighted by molar-refractivity contribution is 5.92. The van der Waals surface area contributed by atoms with Crippen LogP contribution in [0.25, 0.3) is 0 Å². The summed E-state index contributed by atoms with van der Waals surface area (Å²) in [5, 5.41) is 0. The lowest BCUT2D eigenvalue weighted by molar-refractivity contribution is -0.140. The summed E-state index contributed by atoms with van der Waals surface area (Å²) < 4.78 is 9.91. The van der Waals surface area contributed by atoms with Crippen molar-refractivity contribution in [2.45, 2.75) is 6.92 Å². The number of hydrogen-bond acceptors (Lipinski definition) is 3. The molecule has 0 aromatic rings. The lowest BCUT2D eigenvalue weighted by Crippen LogP contribution is -2.11. The smallest absolute Gasteiger partial charge is 0.346 e. The van der Waals surface area contributed by atoms with Gasteiger partial charge >= 0.3 is 5.97 Å². The first kappa shape index (κ1) is 9.78. The van der Waals surface area contributed by atoms with Crippen molar-refractivity contribution in [3.05, 3.63) is 29.5 Å². The molecule has 0 radical (unpaired) electrons. The zero-order valence-corrected chi connectivity index (χ0v) is 7.58. The lowest BCUT2D eigenvalue weighted by Gasteiger charge is -2.02. The number of carbonyl (C=O) groups is 1. The van der Waals surface area contributed by atoms with Gasteiger partial charge in [-0.15, -0.1) is 5.73 Å². The average Bonchev–Trinajstić information content (AvgIpc) is 2.65. The SMILES string of the molecule is CCOCCOC(=O)C1=C=CC=C1. The molecule has 0 aromatic carbocycles. The fourth-order valence-electron chi connectivity index (χ4n) is 0.873. The maximum atomic E-state index is 11.2. The van der Waals surface area contributed by atoms with E-state index in [1.165, 1.54) is 0 Å². The van der Waals surface area contributed by atoms with Crippen molar-refractivity contribution in [1.29, 1.82) is 0 Å². The van der Waals surface area contributed by atoms with E-state index in [4.69, 9.17) is 9.47 Å². The van der Waals surface area contributed by atoms with Gasteiger partial charge in [0.2, 0.25) is 0 Å². The Morgan fingerprint density at radius 3 is 3.00 bits per heavy atom. The molecule has 0 bridgehead atoms. The Labute approximate surface area is 77.3 Å². The summed E-state index contributed by atoms with van der Waals surface area (Å²) in [6.07, 6.45) is 5.10. The maximum absolute atomic E-state index is 11.2. The highest BCUT2D eigenvalue weighted by atomic mass is 16.6. The first-order valence-electron chi connectivity index (χ1n) is 4.23. The largest absolute Gasteiger partial charge is 0.459 e. The minimum atomic E-state index is -0.343. The molecule has 1 rings (SSSR count). The second-order valence-corrected chi connectivity index (χ2v) is 2.42. The van der Waals surface area contributed by atoms with Crippen molar-refractivity contribution < 1.29 is 14.3 Å². The summed E-state index contributed by atoms with van der Waals surface area (Å²) in [5.41, 5.74) is 3.23. The van der Waals surface area contributed by atoms with Crippen molar-refractivity contribution in [1.82, 2.24) is 0 Å². The van der Waals surface area contributed by atoms with Crippen LogP contribution in [0.5, 0.6) is 0 Å². The van der Waals surface area contributed by atoms with E-state index in [0.717, 1.165) is 0 Å². The van der Waals surface area contributed by atoms with Gasteiger partial charge in [0, 0.05) is 6.61 Å². The van der Waals surface area contributed by atoms with Crippen LogP contribution >= 0.6 is 0 Å². The van der Waals surface area contributed by atoms with Crippen LogP contribution in [-0.4, -0.2) is 25.8 Å². The number of ether oxygens (including phenoxy) is 2. The van der Waals surface area contributed by atoms with Crippen molar-refractivity contribution in [2.24, 2.45) is 0 Å². The monoisotopic (exact) mass is 180 g/mol.